The molecule has 1 heterocycles. The van der Waals surface area contributed by atoms with Crippen molar-refractivity contribution in [3.63, 3.8) is 0 Å². The van der Waals surface area contributed by atoms with E-state index in [0.29, 0.717) is 6.54 Å². The van der Waals surface area contributed by atoms with E-state index in [2.05, 4.69) is 20.0 Å². The molecule has 4 nitrogen and oxygen atoms in total. The molecular formula is C10H28NO3Si4+. The zero-order valence-corrected chi connectivity index (χ0v) is 19.0. The van der Waals surface area contributed by atoms with E-state index in [9.17, 15) is 4.91 Å². The molecule has 0 aliphatic carbocycles. The van der Waals surface area contributed by atoms with Gasteiger partial charge in [0.05, 0.1) is 0 Å². The molecule has 0 N–H and O–H groups in total. The lowest BCUT2D eigenvalue weighted by Gasteiger charge is -1.93. The Morgan fingerprint density at radius 3 is 2.17 bits per heavy atom. The Bertz CT molecular complexity index is 243. The normalized spacial score (nSPS) is 13.7. The Labute approximate surface area is 121 Å². The van der Waals surface area contributed by atoms with Crippen molar-refractivity contribution in [1.29, 1.82) is 0 Å². The fraction of sp³-hybridized carbons (Fsp3) is 0.600. The first-order valence-electron chi connectivity index (χ1n) is 6.37. The minimum Gasteiger partial charge on any atom is -0.468 e. The molecule has 0 saturated carbocycles. The van der Waals surface area contributed by atoms with Gasteiger partial charge in [-0.1, -0.05) is 19.4 Å². The topological polar surface area (TPSA) is 38.5 Å². The molecule has 0 atom stereocenters. The highest BCUT2D eigenvalue weighted by molar-refractivity contribution is 6.52. The molecular weight excluding hydrogens is 294 g/mol. The van der Waals surface area contributed by atoms with Gasteiger partial charge in [-0.2, -0.15) is 0 Å². The largest absolute Gasteiger partial charge is 0.468 e. The summed E-state index contributed by atoms with van der Waals surface area (Å²) in [7, 11) is 1.30. The van der Waals surface area contributed by atoms with Gasteiger partial charge in [0, 0.05) is 15.7 Å². The molecule has 1 aliphatic heterocycles. The molecule has 1 rings (SSSR count). The van der Waals surface area contributed by atoms with Gasteiger partial charge < -0.3 is 8.23 Å². The summed E-state index contributed by atoms with van der Waals surface area (Å²) in [4.78, 5) is 10.2. The Morgan fingerprint density at radius 1 is 1.39 bits per heavy atom. The molecule has 8 heteroatoms. The zero-order chi connectivity index (χ0) is 14.2. The van der Waals surface area contributed by atoms with E-state index in [1.807, 2.05) is 12.2 Å². The molecule has 0 saturated heterocycles. The molecule has 0 bridgehead atoms. The molecule has 0 amide bonds. The second-order valence-corrected chi connectivity index (χ2v) is 11.4. The van der Waals surface area contributed by atoms with E-state index >= 15 is 0 Å². The van der Waals surface area contributed by atoms with Gasteiger partial charge in [-0.15, -0.1) is 0 Å². The van der Waals surface area contributed by atoms with Crippen molar-refractivity contribution >= 4 is 39.8 Å². The van der Waals surface area contributed by atoms with Gasteiger partial charge in [0.25, 0.3) is 0 Å². The lowest BCUT2D eigenvalue weighted by molar-refractivity contribution is -0.469. The van der Waals surface area contributed by atoms with Crippen molar-refractivity contribution in [1.82, 2.24) is 0 Å². The van der Waals surface area contributed by atoms with Gasteiger partial charge in [-0.05, 0) is 25.2 Å². The minimum absolute atomic E-state index is 0.0166. The van der Waals surface area contributed by atoms with E-state index in [-0.39, 0.29) is 9.76 Å². The van der Waals surface area contributed by atoms with E-state index in [1.54, 1.807) is 6.08 Å². The van der Waals surface area contributed by atoms with E-state index in [0.717, 1.165) is 25.7 Å². The van der Waals surface area contributed by atoms with Crippen molar-refractivity contribution in [2.45, 2.75) is 32.5 Å². The second kappa shape index (κ2) is 16.9. The predicted octanol–water partition coefficient (Wildman–Crippen LogP) is -0.689. The summed E-state index contributed by atoms with van der Waals surface area (Å²) < 4.78 is 11.0. The van der Waals surface area contributed by atoms with Gasteiger partial charge in [0.1, 0.15) is 30.7 Å². The van der Waals surface area contributed by atoms with Crippen LogP contribution in [0.4, 0.5) is 0 Å². The van der Waals surface area contributed by atoms with Crippen LogP contribution in [0, 0.1) is 4.91 Å². The van der Waals surface area contributed by atoms with Crippen LogP contribution < -0.4 is 0 Å². The lowest BCUT2D eigenvalue weighted by atomic mass is 10.4. The second-order valence-electron chi connectivity index (χ2n) is 4.00. The molecule has 106 valence electrons. The highest BCUT2D eigenvalue weighted by Crippen LogP contribution is 1.87. The predicted molar refractivity (Wildman–Crippen MR) is 91.3 cm³/mol. The molecule has 18 heavy (non-hydrogen) atoms. The molecule has 0 aromatic rings. The first-order chi connectivity index (χ1) is 8.58. The van der Waals surface area contributed by atoms with Crippen LogP contribution in [0.25, 0.3) is 0 Å². The average molecular weight is 323 g/mol. The van der Waals surface area contributed by atoms with Crippen molar-refractivity contribution in [2.24, 2.45) is 0 Å². The van der Waals surface area contributed by atoms with Crippen molar-refractivity contribution in [2.75, 3.05) is 6.54 Å². The van der Waals surface area contributed by atoms with Crippen LogP contribution in [-0.2, 0) is 8.23 Å². The number of allylic oxidation sites excluding steroid dienone is 2. The maximum absolute atomic E-state index is 10.2. The summed E-state index contributed by atoms with van der Waals surface area (Å²) in [6.07, 6.45) is 8.20. The summed E-state index contributed by atoms with van der Waals surface area (Å²) in [5.74, 6) is 0. The number of rotatable bonds is 4. The average Bonchev–Trinajstić information content (AvgIpc) is 2.38. The Hall–Kier alpha value is -0.132. The monoisotopic (exact) mass is 322 g/mol. The quantitative estimate of drug-likeness (QED) is 0.391. The molecule has 0 aromatic heterocycles. The highest BCUT2D eigenvalue weighted by atomic mass is 28.3. The minimum atomic E-state index is -0.588. The molecule has 0 unspecified atom stereocenters. The SMILES string of the molecule is CCC[SiH2]O[SiH3].C[SiH](C)O[SiH3].O=[N+]1C=CC=CC1. The maximum Gasteiger partial charge on any atom is 0.221 e. The maximum atomic E-state index is 10.2. The van der Waals surface area contributed by atoms with Crippen LogP contribution in [0.2, 0.25) is 19.1 Å². The van der Waals surface area contributed by atoms with Crippen LogP contribution >= 0.6 is 0 Å². The smallest absolute Gasteiger partial charge is 0.221 e. The third kappa shape index (κ3) is 21.2. The summed E-state index contributed by atoms with van der Waals surface area (Å²) in [6.45, 7) is 7.05. The van der Waals surface area contributed by atoms with Gasteiger partial charge in [0.2, 0.25) is 12.7 Å². The molecule has 0 spiro atoms. The third-order valence-electron chi connectivity index (χ3n) is 1.96. The third-order valence-corrected chi connectivity index (χ3v) is 8.36. The van der Waals surface area contributed by atoms with E-state index < -0.39 is 9.04 Å². The fourth-order valence-corrected chi connectivity index (χ4v) is 2.18. The standard InChI is InChI=1S/C5H6NO.C3H12OSi2.C2H10OSi2/c7-6-4-2-1-3-5-6;1-2-3-6-4-5;1-5(2)3-4/h1-4H,5H2;2-3,6H2,1,5H3;5H,1-2,4H3/q+1;;. The molecule has 1 aliphatic rings. The van der Waals surface area contributed by atoms with E-state index in [4.69, 9.17) is 8.23 Å². The van der Waals surface area contributed by atoms with Crippen LogP contribution in [0.5, 0.6) is 0 Å². The van der Waals surface area contributed by atoms with Gasteiger partial charge in [0.15, 0.2) is 9.04 Å². The fourth-order valence-electron chi connectivity index (χ4n) is 0.739. The lowest BCUT2D eigenvalue weighted by Crippen LogP contribution is -2.02. The van der Waals surface area contributed by atoms with Crippen LogP contribution in [0.3, 0.4) is 0 Å². The summed E-state index contributed by atoms with van der Waals surface area (Å²) in [5.41, 5.74) is 0. The zero-order valence-electron chi connectivity index (χ0n) is 12.4. The Kier molecular flexibility index (Phi) is 18.9. The van der Waals surface area contributed by atoms with Crippen molar-refractivity contribution in [3.8, 4) is 0 Å². The first-order valence-corrected chi connectivity index (χ1v) is 12.4. The summed E-state index contributed by atoms with van der Waals surface area (Å²) in [6, 6.07) is 1.36. The molecule has 0 fully saturated rings. The van der Waals surface area contributed by atoms with Gasteiger partial charge in [-0.3, -0.25) is 0 Å². The molecule has 0 radical (unpaired) electrons. The number of nitrogens with zero attached hydrogens (tertiary/aromatic N) is 1. The summed E-state index contributed by atoms with van der Waals surface area (Å²) in [5, 5.41) is 0. The highest BCUT2D eigenvalue weighted by Gasteiger charge is 1.99. The van der Waals surface area contributed by atoms with Crippen LogP contribution in [0.15, 0.2) is 24.4 Å². The summed E-state index contributed by atoms with van der Waals surface area (Å²) >= 11 is 0. The van der Waals surface area contributed by atoms with Crippen LogP contribution in [-0.4, -0.2) is 51.1 Å². The first kappa shape index (κ1) is 20.2. The van der Waals surface area contributed by atoms with Crippen LogP contribution in [0.1, 0.15) is 13.3 Å². The van der Waals surface area contributed by atoms with Gasteiger partial charge in [-0.25, -0.2) is 0 Å². The van der Waals surface area contributed by atoms with Crippen molar-refractivity contribution in [3.05, 3.63) is 29.3 Å². The van der Waals surface area contributed by atoms with Gasteiger partial charge >= 0.3 is 0 Å². The number of hydrogen-bond donors (Lipinski definition) is 0. The Morgan fingerprint density at radius 2 is 2.00 bits per heavy atom. The van der Waals surface area contributed by atoms with E-state index in [1.165, 1.54) is 18.7 Å². The Balaban J connectivity index is 0. The van der Waals surface area contributed by atoms with Crippen molar-refractivity contribution < 1.29 is 13.0 Å². The number of nitroso groups, excluding NO2 is 1. The number of hydrogen-bond acceptors (Lipinski definition) is 3. The molecule has 0 aromatic carbocycles.